The molecule has 2 aliphatic rings. The van der Waals surface area contributed by atoms with Crippen molar-refractivity contribution in [1.82, 2.24) is 4.90 Å². The Morgan fingerprint density at radius 1 is 1.28 bits per heavy atom. The molecule has 1 aliphatic heterocycles. The number of nitrogens with zero attached hydrogens (tertiary/aromatic N) is 1. The summed E-state index contributed by atoms with van der Waals surface area (Å²) in [6.07, 6.45) is 5.67. The second-order valence-electron chi connectivity index (χ2n) is 5.85. The van der Waals surface area contributed by atoms with Gasteiger partial charge in [-0.15, -0.1) is 0 Å². The molecular formula is C14H26N2O2. The molecule has 0 aromatic carbocycles. The Labute approximate surface area is 110 Å². The summed E-state index contributed by atoms with van der Waals surface area (Å²) < 4.78 is 5.47. The van der Waals surface area contributed by atoms with Crippen molar-refractivity contribution in [2.75, 3.05) is 26.2 Å². The molecule has 104 valence electrons. The second-order valence-corrected chi connectivity index (χ2v) is 5.85. The van der Waals surface area contributed by atoms with E-state index < -0.39 is 0 Å². The standard InChI is InChI=1S/C14H26N2O2/c1-11-10-16(6-7-18-11)14(17)8-12-2-4-13(9-15)5-3-12/h11-13H,2-10,15H2,1H3. The summed E-state index contributed by atoms with van der Waals surface area (Å²) in [6, 6.07) is 0. The second kappa shape index (κ2) is 6.53. The first-order valence-electron chi connectivity index (χ1n) is 7.28. The van der Waals surface area contributed by atoms with Crippen LogP contribution >= 0.6 is 0 Å². The maximum Gasteiger partial charge on any atom is 0.223 e. The Bertz CT molecular complexity index is 275. The summed E-state index contributed by atoms with van der Waals surface area (Å²) in [4.78, 5) is 14.2. The van der Waals surface area contributed by atoms with Crippen LogP contribution in [0.4, 0.5) is 0 Å². The van der Waals surface area contributed by atoms with E-state index in [1.54, 1.807) is 0 Å². The number of rotatable bonds is 3. The Kier molecular flexibility index (Phi) is 5.01. The zero-order valence-electron chi connectivity index (χ0n) is 11.4. The topological polar surface area (TPSA) is 55.6 Å². The highest BCUT2D eigenvalue weighted by molar-refractivity contribution is 5.76. The van der Waals surface area contributed by atoms with Crippen molar-refractivity contribution in [3.63, 3.8) is 0 Å². The lowest BCUT2D eigenvalue weighted by Gasteiger charge is -2.33. The van der Waals surface area contributed by atoms with Gasteiger partial charge in [-0.1, -0.05) is 0 Å². The van der Waals surface area contributed by atoms with Gasteiger partial charge in [0.05, 0.1) is 12.7 Å². The molecule has 18 heavy (non-hydrogen) atoms. The number of hydrogen-bond acceptors (Lipinski definition) is 3. The van der Waals surface area contributed by atoms with Gasteiger partial charge < -0.3 is 15.4 Å². The van der Waals surface area contributed by atoms with E-state index in [1.165, 1.54) is 25.7 Å². The van der Waals surface area contributed by atoms with Crippen LogP contribution in [0, 0.1) is 11.8 Å². The number of morpholine rings is 1. The molecule has 0 aromatic rings. The molecule has 2 rings (SSSR count). The van der Waals surface area contributed by atoms with E-state index in [4.69, 9.17) is 10.5 Å². The lowest BCUT2D eigenvalue weighted by molar-refractivity contribution is -0.139. The molecule has 1 aliphatic carbocycles. The summed E-state index contributed by atoms with van der Waals surface area (Å²) in [5, 5.41) is 0. The van der Waals surface area contributed by atoms with E-state index >= 15 is 0 Å². The number of ether oxygens (including phenoxy) is 1. The van der Waals surface area contributed by atoms with E-state index in [0.29, 0.717) is 24.3 Å². The highest BCUT2D eigenvalue weighted by atomic mass is 16.5. The fraction of sp³-hybridized carbons (Fsp3) is 0.929. The Morgan fingerprint density at radius 3 is 2.56 bits per heavy atom. The predicted octanol–water partition coefficient (Wildman–Crippen LogP) is 1.39. The summed E-state index contributed by atoms with van der Waals surface area (Å²) >= 11 is 0. The normalized spacial score (nSPS) is 33.4. The minimum absolute atomic E-state index is 0.190. The van der Waals surface area contributed by atoms with Gasteiger partial charge in [0, 0.05) is 19.5 Å². The molecule has 4 nitrogen and oxygen atoms in total. The summed E-state index contributed by atoms with van der Waals surface area (Å²) in [5.41, 5.74) is 5.69. The SMILES string of the molecule is CC1CN(C(=O)CC2CCC(CN)CC2)CCO1. The average molecular weight is 254 g/mol. The van der Waals surface area contributed by atoms with E-state index in [1.807, 2.05) is 11.8 Å². The van der Waals surface area contributed by atoms with E-state index in [-0.39, 0.29) is 6.10 Å². The fourth-order valence-electron chi connectivity index (χ4n) is 3.09. The van der Waals surface area contributed by atoms with E-state index in [9.17, 15) is 4.79 Å². The molecule has 0 aromatic heterocycles. The smallest absolute Gasteiger partial charge is 0.223 e. The summed E-state index contributed by atoms with van der Waals surface area (Å²) in [7, 11) is 0. The molecule has 1 amide bonds. The van der Waals surface area contributed by atoms with Crippen LogP contribution in [-0.2, 0) is 9.53 Å². The largest absolute Gasteiger partial charge is 0.375 e. The molecule has 0 radical (unpaired) electrons. The molecule has 4 heteroatoms. The monoisotopic (exact) mass is 254 g/mol. The van der Waals surface area contributed by atoms with E-state index in [0.717, 1.165) is 26.1 Å². The van der Waals surface area contributed by atoms with Gasteiger partial charge in [0.15, 0.2) is 0 Å². The summed E-state index contributed by atoms with van der Waals surface area (Å²) in [5.74, 6) is 1.60. The highest BCUT2D eigenvalue weighted by Gasteiger charge is 2.26. The minimum atomic E-state index is 0.190. The first kappa shape index (κ1) is 13.8. The fourth-order valence-corrected chi connectivity index (χ4v) is 3.09. The van der Waals surface area contributed by atoms with Gasteiger partial charge in [-0.05, 0) is 51.0 Å². The van der Waals surface area contributed by atoms with Crippen molar-refractivity contribution in [1.29, 1.82) is 0 Å². The van der Waals surface area contributed by atoms with Crippen LogP contribution in [0.1, 0.15) is 39.0 Å². The summed E-state index contributed by atoms with van der Waals surface area (Å²) in [6.45, 7) is 5.05. The van der Waals surface area contributed by atoms with Gasteiger partial charge in [-0.25, -0.2) is 0 Å². The number of nitrogens with two attached hydrogens (primary N) is 1. The first-order valence-corrected chi connectivity index (χ1v) is 7.28. The van der Waals surface area contributed by atoms with Crippen LogP contribution < -0.4 is 5.73 Å². The van der Waals surface area contributed by atoms with Crippen LogP contribution in [0.25, 0.3) is 0 Å². The number of hydrogen-bond donors (Lipinski definition) is 1. The number of carbonyl (C=O) groups excluding carboxylic acids is 1. The third kappa shape index (κ3) is 3.69. The Hall–Kier alpha value is -0.610. The molecule has 1 heterocycles. The van der Waals surface area contributed by atoms with Crippen LogP contribution in [-0.4, -0.2) is 43.2 Å². The van der Waals surface area contributed by atoms with Gasteiger partial charge in [-0.3, -0.25) is 4.79 Å². The molecule has 0 bridgehead atoms. The average Bonchev–Trinajstić information content (AvgIpc) is 2.39. The Balaban J connectivity index is 1.74. The van der Waals surface area contributed by atoms with Gasteiger partial charge >= 0.3 is 0 Å². The minimum Gasteiger partial charge on any atom is -0.375 e. The van der Waals surface area contributed by atoms with Crippen LogP contribution in [0.2, 0.25) is 0 Å². The van der Waals surface area contributed by atoms with E-state index in [2.05, 4.69) is 0 Å². The Morgan fingerprint density at radius 2 is 1.94 bits per heavy atom. The van der Waals surface area contributed by atoms with Gasteiger partial charge in [0.1, 0.15) is 0 Å². The van der Waals surface area contributed by atoms with Crippen molar-refractivity contribution < 1.29 is 9.53 Å². The van der Waals surface area contributed by atoms with Crippen LogP contribution in [0.5, 0.6) is 0 Å². The van der Waals surface area contributed by atoms with Gasteiger partial charge in [0.2, 0.25) is 5.91 Å². The van der Waals surface area contributed by atoms with Crippen LogP contribution in [0.3, 0.4) is 0 Å². The predicted molar refractivity (Wildman–Crippen MR) is 71.1 cm³/mol. The zero-order valence-corrected chi connectivity index (χ0v) is 11.4. The first-order chi connectivity index (χ1) is 8.69. The maximum atomic E-state index is 12.2. The van der Waals surface area contributed by atoms with Gasteiger partial charge in [-0.2, -0.15) is 0 Å². The molecular weight excluding hydrogens is 228 g/mol. The molecule has 1 saturated carbocycles. The molecule has 1 unspecified atom stereocenters. The molecule has 2 N–H and O–H groups in total. The third-order valence-corrected chi connectivity index (χ3v) is 4.36. The molecule has 0 spiro atoms. The lowest BCUT2D eigenvalue weighted by atomic mass is 9.80. The van der Waals surface area contributed by atoms with Crippen molar-refractivity contribution in [2.45, 2.75) is 45.1 Å². The van der Waals surface area contributed by atoms with Crippen molar-refractivity contribution in [3.05, 3.63) is 0 Å². The molecule has 1 saturated heterocycles. The molecule has 2 fully saturated rings. The maximum absolute atomic E-state index is 12.2. The third-order valence-electron chi connectivity index (χ3n) is 4.36. The van der Waals surface area contributed by atoms with Crippen molar-refractivity contribution in [3.8, 4) is 0 Å². The zero-order chi connectivity index (χ0) is 13.0. The quantitative estimate of drug-likeness (QED) is 0.828. The number of carbonyl (C=O) groups is 1. The molecule has 1 atom stereocenters. The van der Waals surface area contributed by atoms with Crippen LogP contribution in [0.15, 0.2) is 0 Å². The van der Waals surface area contributed by atoms with Gasteiger partial charge in [0.25, 0.3) is 0 Å². The lowest BCUT2D eigenvalue weighted by Crippen LogP contribution is -2.45. The van der Waals surface area contributed by atoms with Crippen molar-refractivity contribution in [2.24, 2.45) is 17.6 Å². The number of amides is 1. The highest BCUT2D eigenvalue weighted by Crippen LogP contribution is 2.30. The van der Waals surface area contributed by atoms with Crippen molar-refractivity contribution >= 4 is 5.91 Å².